The summed E-state index contributed by atoms with van der Waals surface area (Å²) in [5.74, 6) is -0.0119. The second kappa shape index (κ2) is 5.59. The highest BCUT2D eigenvalue weighted by molar-refractivity contribution is 7.07. The van der Waals surface area contributed by atoms with E-state index in [1.54, 1.807) is 15.8 Å². The Labute approximate surface area is 105 Å². The van der Waals surface area contributed by atoms with Gasteiger partial charge in [-0.1, -0.05) is 30.3 Å². The molecule has 0 bridgehead atoms. The highest BCUT2D eigenvalue weighted by Crippen LogP contribution is 2.06. The first-order valence-corrected chi connectivity index (χ1v) is 6.39. The van der Waals surface area contributed by atoms with Crippen LogP contribution < -0.4 is 0 Å². The normalized spacial score (nSPS) is 10.2. The molecule has 0 aliphatic carbocycles. The largest absolute Gasteiger partial charge is 0.340 e. The van der Waals surface area contributed by atoms with Gasteiger partial charge in [-0.2, -0.15) is 0 Å². The lowest BCUT2D eigenvalue weighted by atomic mass is 10.1. The Morgan fingerprint density at radius 3 is 2.76 bits per heavy atom. The summed E-state index contributed by atoms with van der Waals surface area (Å²) >= 11 is 1.44. The zero-order valence-electron chi connectivity index (χ0n) is 9.67. The van der Waals surface area contributed by atoms with Crippen LogP contribution in [0.1, 0.15) is 16.1 Å². The fraction of sp³-hybridized carbons (Fsp3) is 0.231. The third-order valence-corrected chi connectivity index (χ3v) is 3.16. The highest BCUT2D eigenvalue weighted by Gasteiger charge is 2.12. The van der Waals surface area contributed by atoms with E-state index in [1.165, 1.54) is 16.9 Å². The second-order valence-corrected chi connectivity index (χ2v) is 4.55. The van der Waals surface area contributed by atoms with Crippen molar-refractivity contribution in [3.63, 3.8) is 0 Å². The van der Waals surface area contributed by atoms with E-state index >= 15 is 0 Å². The molecule has 1 amide bonds. The number of amides is 1. The summed E-state index contributed by atoms with van der Waals surface area (Å²) in [4.78, 5) is 17.6. The predicted molar refractivity (Wildman–Crippen MR) is 69.2 cm³/mol. The van der Waals surface area contributed by atoms with Gasteiger partial charge < -0.3 is 4.90 Å². The van der Waals surface area contributed by atoms with Gasteiger partial charge in [-0.3, -0.25) is 4.79 Å². The molecule has 3 nitrogen and oxygen atoms in total. The van der Waals surface area contributed by atoms with Crippen LogP contribution in [0.15, 0.2) is 41.2 Å². The van der Waals surface area contributed by atoms with Crippen LogP contribution in [-0.2, 0) is 6.42 Å². The molecule has 0 saturated carbocycles. The molecule has 4 heteroatoms. The van der Waals surface area contributed by atoms with E-state index in [2.05, 4.69) is 17.1 Å². The lowest BCUT2D eigenvalue weighted by Crippen LogP contribution is -2.29. The Hall–Kier alpha value is -1.68. The molecule has 1 aromatic heterocycles. The van der Waals surface area contributed by atoms with Crippen molar-refractivity contribution >= 4 is 17.2 Å². The first-order valence-electron chi connectivity index (χ1n) is 5.45. The zero-order valence-corrected chi connectivity index (χ0v) is 10.5. The minimum atomic E-state index is -0.0119. The molecule has 88 valence electrons. The molecule has 0 aliphatic heterocycles. The number of aromatic nitrogens is 1. The Morgan fingerprint density at radius 1 is 1.35 bits per heavy atom. The average molecular weight is 246 g/mol. The Morgan fingerprint density at radius 2 is 2.12 bits per heavy atom. The molecule has 0 aliphatic rings. The molecular formula is C13H14N2OS. The summed E-state index contributed by atoms with van der Waals surface area (Å²) in [7, 11) is 1.81. The van der Waals surface area contributed by atoms with Gasteiger partial charge in [-0.25, -0.2) is 4.98 Å². The monoisotopic (exact) mass is 246 g/mol. The standard InChI is InChI=1S/C13H14N2OS/c1-15(13(16)12-9-17-10-14-12)8-7-11-5-3-2-4-6-11/h2-6,9-10H,7-8H2,1H3. The van der Waals surface area contributed by atoms with E-state index in [-0.39, 0.29) is 5.91 Å². The molecule has 1 heterocycles. The smallest absolute Gasteiger partial charge is 0.273 e. The lowest BCUT2D eigenvalue weighted by Gasteiger charge is -2.15. The summed E-state index contributed by atoms with van der Waals surface area (Å²) in [5, 5.41) is 1.78. The number of hydrogen-bond donors (Lipinski definition) is 0. The van der Waals surface area contributed by atoms with Crippen LogP contribution in [0.5, 0.6) is 0 Å². The summed E-state index contributed by atoms with van der Waals surface area (Å²) in [5.41, 5.74) is 3.45. The first kappa shape index (κ1) is 11.8. The molecule has 2 rings (SSSR count). The Balaban J connectivity index is 1.90. The molecule has 1 aromatic carbocycles. The molecule has 0 saturated heterocycles. The third-order valence-electron chi connectivity index (χ3n) is 2.58. The third kappa shape index (κ3) is 3.14. The first-order chi connectivity index (χ1) is 8.27. The molecule has 0 spiro atoms. The van der Waals surface area contributed by atoms with Crippen molar-refractivity contribution in [3.05, 3.63) is 52.5 Å². The van der Waals surface area contributed by atoms with Crippen molar-refractivity contribution in [1.29, 1.82) is 0 Å². The maximum Gasteiger partial charge on any atom is 0.273 e. The number of carbonyl (C=O) groups is 1. The highest BCUT2D eigenvalue weighted by atomic mass is 32.1. The molecule has 0 fully saturated rings. The van der Waals surface area contributed by atoms with Crippen LogP contribution in [0, 0.1) is 0 Å². The number of rotatable bonds is 4. The molecule has 0 N–H and O–H groups in total. The number of hydrogen-bond acceptors (Lipinski definition) is 3. The average Bonchev–Trinajstić information content (AvgIpc) is 2.90. The minimum Gasteiger partial charge on any atom is -0.340 e. The van der Waals surface area contributed by atoms with Crippen LogP contribution in [0.3, 0.4) is 0 Å². The van der Waals surface area contributed by atoms with Crippen molar-refractivity contribution in [2.24, 2.45) is 0 Å². The van der Waals surface area contributed by atoms with Gasteiger partial charge in [-0.15, -0.1) is 11.3 Å². The summed E-state index contributed by atoms with van der Waals surface area (Å²) in [6.45, 7) is 0.709. The van der Waals surface area contributed by atoms with E-state index in [0.29, 0.717) is 12.2 Å². The van der Waals surface area contributed by atoms with Gasteiger partial charge in [0.1, 0.15) is 5.69 Å². The number of likely N-dealkylation sites (N-methyl/N-ethyl adjacent to an activating group) is 1. The number of carbonyl (C=O) groups excluding carboxylic acids is 1. The van der Waals surface area contributed by atoms with Crippen molar-refractivity contribution in [2.45, 2.75) is 6.42 Å². The molecular weight excluding hydrogens is 232 g/mol. The summed E-state index contributed by atoms with van der Waals surface area (Å²) < 4.78 is 0. The van der Waals surface area contributed by atoms with Crippen LogP contribution in [-0.4, -0.2) is 29.4 Å². The van der Waals surface area contributed by atoms with Crippen LogP contribution >= 0.6 is 11.3 Å². The topological polar surface area (TPSA) is 33.2 Å². The van der Waals surface area contributed by atoms with Gasteiger partial charge in [-0.05, 0) is 12.0 Å². The van der Waals surface area contributed by atoms with Crippen molar-refractivity contribution < 1.29 is 4.79 Å². The SMILES string of the molecule is CN(CCc1ccccc1)C(=O)c1cscn1. The van der Waals surface area contributed by atoms with Gasteiger partial charge in [0.15, 0.2) is 0 Å². The van der Waals surface area contributed by atoms with E-state index in [4.69, 9.17) is 0 Å². The van der Waals surface area contributed by atoms with Gasteiger partial charge in [0.2, 0.25) is 0 Å². The predicted octanol–water partition coefficient (Wildman–Crippen LogP) is 2.46. The number of benzene rings is 1. The fourth-order valence-electron chi connectivity index (χ4n) is 1.56. The fourth-order valence-corrected chi connectivity index (χ4v) is 2.08. The van der Waals surface area contributed by atoms with Crippen molar-refractivity contribution in [1.82, 2.24) is 9.88 Å². The number of thiazole rings is 1. The van der Waals surface area contributed by atoms with Crippen LogP contribution in [0.4, 0.5) is 0 Å². The maximum absolute atomic E-state index is 11.9. The molecule has 0 unspecified atom stereocenters. The molecule has 17 heavy (non-hydrogen) atoms. The Kier molecular flexibility index (Phi) is 3.88. The quantitative estimate of drug-likeness (QED) is 0.830. The van der Waals surface area contributed by atoms with E-state index in [9.17, 15) is 4.79 Å². The van der Waals surface area contributed by atoms with Crippen molar-refractivity contribution in [2.75, 3.05) is 13.6 Å². The van der Waals surface area contributed by atoms with Crippen LogP contribution in [0.2, 0.25) is 0 Å². The van der Waals surface area contributed by atoms with Gasteiger partial charge in [0, 0.05) is 19.0 Å². The summed E-state index contributed by atoms with van der Waals surface area (Å²) in [6.07, 6.45) is 0.868. The van der Waals surface area contributed by atoms with Crippen molar-refractivity contribution in [3.8, 4) is 0 Å². The van der Waals surface area contributed by atoms with Crippen LogP contribution in [0.25, 0.3) is 0 Å². The van der Waals surface area contributed by atoms with Gasteiger partial charge >= 0.3 is 0 Å². The minimum absolute atomic E-state index is 0.0119. The molecule has 0 atom stereocenters. The number of nitrogens with zero attached hydrogens (tertiary/aromatic N) is 2. The van der Waals surface area contributed by atoms with E-state index in [1.807, 2.05) is 25.2 Å². The lowest BCUT2D eigenvalue weighted by molar-refractivity contribution is 0.0791. The Bertz CT molecular complexity index is 467. The molecule has 2 aromatic rings. The zero-order chi connectivity index (χ0) is 12.1. The maximum atomic E-state index is 11.9. The van der Waals surface area contributed by atoms with Gasteiger partial charge in [0.05, 0.1) is 5.51 Å². The molecule has 0 radical (unpaired) electrons. The summed E-state index contributed by atoms with van der Waals surface area (Å²) in [6, 6.07) is 10.2. The second-order valence-electron chi connectivity index (χ2n) is 3.84. The van der Waals surface area contributed by atoms with E-state index in [0.717, 1.165) is 6.42 Å². The van der Waals surface area contributed by atoms with E-state index < -0.39 is 0 Å². The van der Waals surface area contributed by atoms with Gasteiger partial charge in [0.25, 0.3) is 5.91 Å².